The number of aromatic nitrogens is 3. The van der Waals surface area contributed by atoms with Gasteiger partial charge in [-0.1, -0.05) is 18.7 Å². The van der Waals surface area contributed by atoms with Gasteiger partial charge >= 0.3 is 0 Å². The molecule has 10 heteroatoms. The van der Waals surface area contributed by atoms with Crippen LogP contribution in [-0.2, 0) is 9.53 Å². The molecule has 1 saturated heterocycles. The number of anilines is 4. The van der Waals surface area contributed by atoms with E-state index in [0.717, 1.165) is 54.8 Å². The number of rotatable bonds is 2. The Bertz CT molecular complexity index is 1450. The van der Waals surface area contributed by atoms with Crippen molar-refractivity contribution in [2.75, 3.05) is 67.6 Å². The summed E-state index contributed by atoms with van der Waals surface area (Å²) >= 11 is 0. The third-order valence-corrected chi connectivity index (χ3v) is 7.74. The van der Waals surface area contributed by atoms with E-state index in [-0.39, 0.29) is 17.5 Å². The second-order valence-electron chi connectivity index (χ2n) is 10.1. The molecule has 4 bridgehead atoms. The molecule has 0 aliphatic carbocycles. The van der Waals surface area contributed by atoms with Crippen LogP contribution in [0.15, 0.2) is 47.9 Å². The van der Waals surface area contributed by atoms with E-state index in [9.17, 15) is 9.59 Å². The molecule has 2 aromatic heterocycles. The number of pyridine rings is 1. The fourth-order valence-electron chi connectivity index (χ4n) is 5.92. The predicted molar refractivity (Wildman–Crippen MR) is 149 cm³/mol. The van der Waals surface area contributed by atoms with E-state index in [1.165, 1.54) is 6.08 Å². The second-order valence-corrected chi connectivity index (χ2v) is 10.1. The first kappa shape index (κ1) is 24.6. The number of piperidine rings is 1. The van der Waals surface area contributed by atoms with Gasteiger partial charge in [-0.15, -0.1) is 0 Å². The predicted octanol–water partition coefficient (Wildman–Crippen LogP) is 2.85. The SMILES string of the molecule is C=CC(=O)N1CCN(c2cc3cnc4nc3n(c2=O)C2CCCN(CCOCCN4)C2)c2cccc(C)c21. The fourth-order valence-corrected chi connectivity index (χ4v) is 5.92. The Morgan fingerprint density at radius 1 is 1.18 bits per heavy atom. The maximum atomic E-state index is 14.4. The molecule has 3 aliphatic rings. The highest BCUT2D eigenvalue weighted by atomic mass is 16.5. The van der Waals surface area contributed by atoms with Gasteiger partial charge in [-0.25, -0.2) is 4.98 Å². The lowest BCUT2D eigenvalue weighted by atomic mass is 10.0. The quantitative estimate of drug-likeness (QED) is 0.521. The van der Waals surface area contributed by atoms with Gasteiger partial charge in [0, 0.05) is 44.3 Å². The lowest BCUT2D eigenvalue weighted by molar-refractivity contribution is -0.114. The molecule has 10 nitrogen and oxygen atoms in total. The summed E-state index contributed by atoms with van der Waals surface area (Å²) in [6, 6.07) is 7.81. The first-order chi connectivity index (χ1) is 18.5. The number of ether oxygens (including phenoxy) is 1. The topological polar surface area (TPSA) is 95.8 Å². The number of hydrogen-bond donors (Lipinski definition) is 1. The molecule has 0 radical (unpaired) electrons. The molecule has 38 heavy (non-hydrogen) atoms. The van der Waals surface area contributed by atoms with E-state index in [4.69, 9.17) is 9.72 Å². The highest BCUT2D eigenvalue weighted by Gasteiger charge is 2.32. The van der Waals surface area contributed by atoms with Crippen LogP contribution < -0.4 is 20.7 Å². The van der Waals surface area contributed by atoms with Crippen molar-refractivity contribution >= 4 is 40.0 Å². The highest BCUT2D eigenvalue weighted by molar-refractivity contribution is 6.05. The van der Waals surface area contributed by atoms with Crippen LogP contribution in [0.4, 0.5) is 23.0 Å². The zero-order valence-corrected chi connectivity index (χ0v) is 21.7. The van der Waals surface area contributed by atoms with Crippen LogP contribution in [-0.4, -0.2) is 77.8 Å². The third-order valence-electron chi connectivity index (χ3n) is 7.74. The maximum Gasteiger partial charge on any atom is 0.276 e. The van der Waals surface area contributed by atoms with Crippen molar-refractivity contribution in [3.63, 3.8) is 0 Å². The van der Waals surface area contributed by atoms with Gasteiger partial charge in [0.05, 0.1) is 30.6 Å². The van der Waals surface area contributed by atoms with Crippen molar-refractivity contribution in [2.45, 2.75) is 25.8 Å². The number of aryl methyl sites for hydroxylation is 1. The van der Waals surface area contributed by atoms with Crippen LogP contribution >= 0.6 is 0 Å². The van der Waals surface area contributed by atoms with E-state index in [1.807, 2.05) is 40.7 Å². The molecule has 0 spiro atoms. The molecule has 1 fully saturated rings. The van der Waals surface area contributed by atoms with Gasteiger partial charge in [0.25, 0.3) is 11.5 Å². The van der Waals surface area contributed by atoms with Gasteiger partial charge < -0.3 is 19.9 Å². The standard InChI is InChI=1S/C28H33N7O3/c1-3-24(36)34-12-11-33(22-8-4-6-19(2)25(22)34)23-16-20-17-30-28-29-9-14-38-15-13-32-10-5-7-21(18-32)35(27(23)37)26(20)31-28/h3-4,6,8,16-17,21H,1,5,7,9-15,18H2,2H3,(H,29,30,31). The number of hydrogen-bond acceptors (Lipinski definition) is 8. The zero-order valence-electron chi connectivity index (χ0n) is 21.7. The largest absolute Gasteiger partial charge is 0.378 e. The van der Waals surface area contributed by atoms with Crippen LogP contribution in [0.25, 0.3) is 11.0 Å². The molecule has 6 rings (SSSR count). The molecule has 3 aliphatic heterocycles. The van der Waals surface area contributed by atoms with Crippen molar-refractivity contribution in [3.8, 4) is 0 Å². The third kappa shape index (κ3) is 4.33. The molecule has 5 heterocycles. The molecular weight excluding hydrogens is 482 g/mol. The summed E-state index contributed by atoms with van der Waals surface area (Å²) in [5.41, 5.74) is 3.77. The smallest absolute Gasteiger partial charge is 0.276 e. The normalized spacial score (nSPS) is 21.6. The second kappa shape index (κ2) is 10.2. The summed E-state index contributed by atoms with van der Waals surface area (Å²) in [4.78, 5) is 42.6. The summed E-state index contributed by atoms with van der Waals surface area (Å²) in [7, 11) is 0. The number of carbonyl (C=O) groups is 1. The molecule has 1 aromatic carbocycles. The van der Waals surface area contributed by atoms with Crippen molar-refractivity contribution in [1.29, 1.82) is 0 Å². The Labute approximate surface area is 221 Å². The van der Waals surface area contributed by atoms with Crippen molar-refractivity contribution in [2.24, 2.45) is 0 Å². The number of amides is 1. The number of para-hydroxylation sites is 1. The number of nitrogens with zero attached hydrogens (tertiary/aromatic N) is 6. The van der Waals surface area contributed by atoms with Gasteiger partial charge in [0.15, 0.2) is 0 Å². The monoisotopic (exact) mass is 515 g/mol. The van der Waals surface area contributed by atoms with Crippen LogP contribution in [0.5, 0.6) is 0 Å². The lowest BCUT2D eigenvalue weighted by Crippen LogP contribution is -2.45. The Hall–Kier alpha value is -3.76. The molecule has 0 saturated carbocycles. The maximum absolute atomic E-state index is 14.4. The minimum atomic E-state index is -0.145. The van der Waals surface area contributed by atoms with Gasteiger partial charge in [-0.3, -0.25) is 19.1 Å². The zero-order chi connectivity index (χ0) is 26.2. The van der Waals surface area contributed by atoms with Crippen LogP contribution in [0.1, 0.15) is 24.4 Å². The molecular formula is C28H33N7O3. The number of fused-ring (bicyclic) bond motifs is 5. The molecule has 2 atom stereocenters. The van der Waals surface area contributed by atoms with Crippen molar-refractivity contribution in [3.05, 3.63) is 59.0 Å². The minimum Gasteiger partial charge on any atom is -0.378 e. The van der Waals surface area contributed by atoms with E-state index in [0.29, 0.717) is 50.1 Å². The number of carbonyl (C=O) groups excluding carboxylic acids is 1. The van der Waals surface area contributed by atoms with Gasteiger partial charge in [-0.05, 0) is 50.1 Å². The molecule has 2 unspecified atom stereocenters. The van der Waals surface area contributed by atoms with E-state index < -0.39 is 0 Å². The first-order valence-electron chi connectivity index (χ1n) is 13.3. The Morgan fingerprint density at radius 2 is 2.08 bits per heavy atom. The fraction of sp³-hybridized carbons (Fsp3) is 0.429. The van der Waals surface area contributed by atoms with Crippen molar-refractivity contribution < 1.29 is 9.53 Å². The highest BCUT2D eigenvalue weighted by Crippen LogP contribution is 2.40. The summed E-state index contributed by atoms with van der Waals surface area (Å²) in [6.45, 7) is 11.0. The number of benzene rings is 1. The number of nitrogens with one attached hydrogen (secondary N) is 1. The summed E-state index contributed by atoms with van der Waals surface area (Å²) < 4.78 is 7.69. The van der Waals surface area contributed by atoms with Gasteiger partial charge in [0.1, 0.15) is 11.3 Å². The summed E-state index contributed by atoms with van der Waals surface area (Å²) in [6.07, 6.45) is 5.04. The van der Waals surface area contributed by atoms with Crippen LogP contribution in [0.2, 0.25) is 0 Å². The Morgan fingerprint density at radius 3 is 2.95 bits per heavy atom. The molecule has 3 aromatic rings. The lowest BCUT2D eigenvalue weighted by Gasteiger charge is -2.39. The molecule has 1 N–H and O–H groups in total. The van der Waals surface area contributed by atoms with E-state index in [1.54, 1.807) is 11.1 Å². The molecule has 1 amide bonds. The van der Waals surface area contributed by atoms with Crippen LogP contribution in [0.3, 0.4) is 0 Å². The summed E-state index contributed by atoms with van der Waals surface area (Å²) in [5.74, 6) is 0.347. The summed E-state index contributed by atoms with van der Waals surface area (Å²) in [5, 5.41) is 4.04. The Kier molecular flexibility index (Phi) is 6.59. The average Bonchev–Trinajstić information content (AvgIpc) is 2.94. The van der Waals surface area contributed by atoms with E-state index >= 15 is 0 Å². The minimum absolute atomic E-state index is 0.0113. The van der Waals surface area contributed by atoms with Gasteiger partial charge in [0.2, 0.25) is 5.95 Å². The van der Waals surface area contributed by atoms with Crippen LogP contribution in [0, 0.1) is 6.92 Å². The van der Waals surface area contributed by atoms with E-state index in [2.05, 4.69) is 21.8 Å². The van der Waals surface area contributed by atoms with Gasteiger partial charge in [-0.2, -0.15) is 4.98 Å². The Balaban J connectivity index is 1.52. The molecule has 198 valence electrons. The van der Waals surface area contributed by atoms with Crippen molar-refractivity contribution in [1.82, 2.24) is 19.4 Å². The average molecular weight is 516 g/mol. The first-order valence-corrected chi connectivity index (χ1v) is 13.3.